The molecule has 0 aliphatic heterocycles. The standard InChI is InChI=1S/C13H17N3O3S/c1-9-13(10(2)19-14-9)11-5-7-12(8-6-11)15-20(17,18)16(3)4/h5-8,15H,1-4H3. The van der Waals surface area contributed by atoms with Gasteiger partial charge in [-0.15, -0.1) is 0 Å². The van der Waals surface area contributed by atoms with Crippen LogP contribution in [0.3, 0.4) is 0 Å². The summed E-state index contributed by atoms with van der Waals surface area (Å²) in [5.74, 6) is 0.740. The Bertz CT molecular complexity index is 683. The molecule has 0 fully saturated rings. The Hall–Kier alpha value is -1.86. The highest BCUT2D eigenvalue weighted by atomic mass is 32.2. The molecule has 0 unspecified atom stereocenters. The molecule has 0 saturated heterocycles. The largest absolute Gasteiger partial charge is 0.361 e. The lowest BCUT2D eigenvalue weighted by Gasteiger charge is -2.13. The van der Waals surface area contributed by atoms with Crippen LogP contribution in [-0.4, -0.2) is 32.0 Å². The summed E-state index contributed by atoms with van der Waals surface area (Å²) < 4.78 is 32.1. The summed E-state index contributed by atoms with van der Waals surface area (Å²) in [6.45, 7) is 3.71. The minimum atomic E-state index is -3.48. The number of nitrogens with zero attached hydrogens (tertiary/aromatic N) is 2. The summed E-state index contributed by atoms with van der Waals surface area (Å²) in [6.07, 6.45) is 0. The highest BCUT2D eigenvalue weighted by molar-refractivity contribution is 7.90. The van der Waals surface area contributed by atoms with E-state index in [0.717, 1.165) is 26.9 Å². The van der Waals surface area contributed by atoms with Crippen molar-refractivity contribution in [3.63, 3.8) is 0 Å². The maximum absolute atomic E-state index is 11.7. The fraction of sp³-hybridized carbons (Fsp3) is 0.308. The second kappa shape index (κ2) is 5.26. The lowest BCUT2D eigenvalue weighted by molar-refractivity contribution is 0.393. The van der Waals surface area contributed by atoms with Gasteiger partial charge < -0.3 is 4.52 Å². The first-order chi connectivity index (χ1) is 9.31. The Balaban J connectivity index is 2.28. The van der Waals surface area contributed by atoms with Crippen molar-refractivity contribution in [3.8, 4) is 11.1 Å². The molecule has 0 bridgehead atoms. The zero-order chi connectivity index (χ0) is 14.9. The third kappa shape index (κ3) is 2.83. The Morgan fingerprint density at radius 3 is 2.20 bits per heavy atom. The van der Waals surface area contributed by atoms with Crippen molar-refractivity contribution in [1.29, 1.82) is 0 Å². The van der Waals surface area contributed by atoms with Gasteiger partial charge in [-0.2, -0.15) is 12.7 Å². The van der Waals surface area contributed by atoms with Gasteiger partial charge in [0.05, 0.1) is 5.69 Å². The molecular formula is C13H17N3O3S. The molecule has 7 heteroatoms. The van der Waals surface area contributed by atoms with Crippen LogP contribution in [0, 0.1) is 13.8 Å². The average molecular weight is 295 g/mol. The monoisotopic (exact) mass is 295 g/mol. The molecule has 0 spiro atoms. The molecule has 1 N–H and O–H groups in total. The van der Waals surface area contributed by atoms with Crippen molar-refractivity contribution in [2.45, 2.75) is 13.8 Å². The molecule has 2 rings (SSSR count). The zero-order valence-electron chi connectivity index (χ0n) is 11.8. The Morgan fingerprint density at radius 2 is 1.75 bits per heavy atom. The van der Waals surface area contributed by atoms with Gasteiger partial charge in [0.15, 0.2) is 0 Å². The molecule has 0 aliphatic rings. The molecule has 2 aromatic rings. The Morgan fingerprint density at radius 1 is 1.15 bits per heavy atom. The number of nitrogens with one attached hydrogen (secondary N) is 1. The first kappa shape index (κ1) is 14.5. The van der Waals surface area contributed by atoms with Crippen molar-refractivity contribution in [2.24, 2.45) is 0 Å². The fourth-order valence-electron chi connectivity index (χ4n) is 1.84. The molecule has 108 valence electrons. The molecule has 0 aliphatic carbocycles. The number of aryl methyl sites for hydroxylation is 2. The maximum Gasteiger partial charge on any atom is 0.301 e. The van der Waals surface area contributed by atoms with Crippen LogP contribution in [0.25, 0.3) is 11.1 Å². The molecule has 20 heavy (non-hydrogen) atoms. The quantitative estimate of drug-likeness (QED) is 0.938. The predicted octanol–water partition coefficient (Wildman–Crippen LogP) is 2.18. The molecule has 0 radical (unpaired) electrons. The lowest BCUT2D eigenvalue weighted by Crippen LogP contribution is -2.28. The van der Waals surface area contributed by atoms with E-state index in [1.165, 1.54) is 14.1 Å². The topological polar surface area (TPSA) is 75.4 Å². The van der Waals surface area contributed by atoms with Gasteiger partial charge in [-0.25, -0.2) is 0 Å². The van der Waals surface area contributed by atoms with E-state index >= 15 is 0 Å². The normalized spacial score (nSPS) is 11.8. The van der Waals surface area contributed by atoms with E-state index in [1.54, 1.807) is 12.1 Å². The van der Waals surface area contributed by atoms with E-state index in [0.29, 0.717) is 5.69 Å². The van der Waals surface area contributed by atoms with Crippen LogP contribution >= 0.6 is 0 Å². The Labute approximate surface area is 118 Å². The van der Waals surface area contributed by atoms with E-state index in [4.69, 9.17) is 4.52 Å². The summed E-state index contributed by atoms with van der Waals surface area (Å²) in [7, 11) is -0.536. The van der Waals surface area contributed by atoms with Gasteiger partial charge in [0.25, 0.3) is 0 Å². The van der Waals surface area contributed by atoms with Gasteiger partial charge in [-0.05, 0) is 31.5 Å². The average Bonchev–Trinajstić information content (AvgIpc) is 2.70. The number of hydrogen-bond donors (Lipinski definition) is 1. The number of anilines is 1. The smallest absolute Gasteiger partial charge is 0.301 e. The van der Waals surface area contributed by atoms with Gasteiger partial charge in [0, 0.05) is 25.3 Å². The number of aromatic nitrogens is 1. The van der Waals surface area contributed by atoms with Gasteiger partial charge >= 0.3 is 10.2 Å². The third-order valence-corrected chi connectivity index (χ3v) is 4.39. The van der Waals surface area contributed by atoms with Crippen molar-refractivity contribution in [1.82, 2.24) is 9.46 Å². The molecule has 1 heterocycles. The second-order valence-corrected chi connectivity index (χ2v) is 6.55. The maximum atomic E-state index is 11.7. The van der Waals surface area contributed by atoms with E-state index in [9.17, 15) is 8.42 Å². The summed E-state index contributed by atoms with van der Waals surface area (Å²) in [5, 5.41) is 3.90. The minimum absolute atomic E-state index is 0.509. The molecule has 1 aromatic carbocycles. The number of hydrogen-bond acceptors (Lipinski definition) is 4. The van der Waals surface area contributed by atoms with Gasteiger partial charge in [-0.1, -0.05) is 17.3 Å². The van der Waals surface area contributed by atoms with E-state index in [1.807, 2.05) is 26.0 Å². The van der Waals surface area contributed by atoms with Gasteiger partial charge in [0.2, 0.25) is 0 Å². The first-order valence-corrected chi connectivity index (χ1v) is 7.49. The SMILES string of the molecule is Cc1noc(C)c1-c1ccc(NS(=O)(=O)N(C)C)cc1. The highest BCUT2D eigenvalue weighted by Crippen LogP contribution is 2.27. The van der Waals surface area contributed by atoms with Crippen molar-refractivity contribution >= 4 is 15.9 Å². The molecule has 1 aromatic heterocycles. The van der Waals surface area contributed by atoms with Crippen molar-refractivity contribution in [3.05, 3.63) is 35.7 Å². The molecule has 6 nitrogen and oxygen atoms in total. The van der Waals surface area contributed by atoms with E-state index < -0.39 is 10.2 Å². The van der Waals surface area contributed by atoms with E-state index in [-0.39, 0.29) is 0 Å². The van der Waals surface area contributed by atoms with Gasteiger partial charge in [0.1, 0.15) is 5.76 Å². The molecule has 0 saturated carbocycles. The third-order valence-electron chi connectivity index (χ3n) is 2.93. The molecular weight excluding hydrogens is 278 g/mol. The van der Waals surface area contributed by atoms with Crippen molar-refractivity contribution in [2.75, 3.05) is 18.8 Å². The van der Waals surface area contributed by atoms with Crippen LogP contribution in [0.4, 0.5) is 5.69 Å². The van der Waals surface area contributed by atoms with Crippen LogP contribution in [0.1, 0.15) is 11.5 Å². The molecule has 0 atom stereocenters. The van der Waals surface area contributed by atoms with Crippen LogP contribution in [-0.2, 0) is 10.2 Å². The van der Waals surface area contributed by atoms with Crippen molar-refractivity contribution < 1.29 is 12.9 Å². The summed E-state index contributed by atoms with van der Waals surface area (Å²) in [4.78, 5) is 0. The Kier molecular flexibility index (Phi) is 3.82. The zero-order valence-corrected chi connectivity index (χ0v) is 12.7. The summed E-state index contributed by atoms with van der Waals surface area (Å²) in [6, 6.07) is 7.09. The fourth-order valence-corrected chi connectivity index (χ4v) is 2.46. The predicted molar refractivity (Wildman–Crippen MR) is 77.6 cm³/mol. The van der Waals surface area contributed by atoms with Crippen LogP contribution in [0.5, 0.6) is 0 Å². The minimum Gasteiger partial charge on any atom is -0.361 e. The van der Waals surface area contributed by atoms with E-state index in [2.05, 4.69) is 9.88 Å². The van der Waals surface area contributed by atoms with Crippen LogP contribution in [0.2, 0.25) is 0 Å². The lowest BCUT2D eigenvalue weighted by atomic mass is 10.0. The molecule has 0 amide bonds. The van der Waals surface area contributed by atoms with Crippen LogP contribution in [0.15, 0.2) is 28.8 Å². The number of benzene rings is 1. The van der Waals surface area contributed by atoms with Gasteiger partial charge in [-0.3, -0.25) is 4.72 Å². The highest BCUT2D eigenvalue weighted by Gasteiger charge is 2.14. The number of rotatable bonds is 4. The van der Waals surface area contributed by atoms with Crippen LogP contribution < -0.4 is 4.72 Å². The first-order valence-electron chi connectivity index (χ1n) is 6.05. The summed E-state index contributed by atoms with van der Waals surface area (Å²) >= 11 is 0. The second-order valence-electron chi connectivity index (χ2n) is 4.67. The summed E-state index contributed by atoms with van der Waals surface area (Å²) in [5.41, 5.74) is 3.19.